The summed E-state index contributed by atoms with van der Waals surface area (Å²) in [6.07, 6.45) is 3.60. The summed E-state index contributed by atoms with van der Waals surface area (Å²) in [6, 6.07) is 68.0. The molecule has 7 nitrogen and oxygen atoms in total. The van der Waals surface area contributed by atoms with Crippen LogP contribution in [0.5, 0.6) is 23.0 Å². The van der Waals surface area contributed by atoms with Crippen LogP contribution in [0.4, 0.5) is 0 Å². The summed E-state index contributed by atoms with van der Waals surface area (Å²) in [7, 11) is 0. The van der Waals surface area contributed by atoms with Gasteiger partial charge in [-0.05, 0) is 133 Å². The molecule has 0 spiro atoms. The lowest BCUT2D eigenvalue weighted by Crippen LogP contribution is -2.06. The molecular formula is C58H41N5O2. The first-order chi connectivity index (χ1) is 32.0. The van der Waals surface area contributed by atoms with E-state index in [2.05, 4.69) is 119 Å². The first-order valence-electron chi connectivity index (χ1n) is 21.6. The zero-order chi connectivity index (χ0) is 43.7. The van der Waals surface area contributed by atoms with Crippen molar-refractivity contribution in [3.63, 3.8) is 0 Å². The van der Waals surface area contributed by atoms with E-state index in [4.69, 9.17) is 19.4 Å². The summed E-state index contributed by atoms with van der Waals surface area (Å²) in [5, 5.41) is 2.06. The van der Waals surface area contributed by atoms with Crippen LogP contribution in [0, 0.1) is 13.8 Å². The van der Waals surface area contributed by atoms with E-state index in [1.807, 2.05) is 109 Å². The lowest BCUT2D eigenvalue weighted by molar-refractivity contribution is 0.483. The molecule has 0 radical (unpaired) electrons. The molecule has 7 heteroatoms. The van der Waals surface area contributed by atoms with Crippen LogP contribution in [0.25, 0.3) is 83.6 Å². The smallest absolute Gasteiger partial charge is 0.235 e. The van der Waals surface area contributed by atoms with Crippen molar-refractivity contribution in [1.29, 1.82) is 0 Å². The summed E-state index contributed by atoms with van der Waals surface area (Å²) in [5.74, 6) is 3.32. The SMILES string of the molecule is Cc1nc(-n2c3cc(Oc4cccc(-c5ccccn5)c4)ccc3c3ccc(Oc4cccc(-c5ccccn5)c4)cc32)nc(C)c1-c1cc(-c2ccccc2)cc(-c2ccccc2)c1. The zero-order valence-corrected chi connectivity index (χ0v) is 35.8. The predicted octanol–water partition coefficient (Wildman–Crippen LogP) is 14.9. The third-order valence-electron chi connectivity index (χ3n) is 11.7. The predicted molar refractivity (Wildman–Crippen MR) is 262 cm³/mol. The molecule has 65 heavy (non-hydrogen) atoms. The fourth-order valence-electron chi connectivity index (χ4n) is 8.68. The highest BCUT2D eigenvalue weighted by Crippen LogP contribution is 2.40. The fourth-order valence-corrected chi connectivity index (χ4v) is 8.68. The highest BCUT2D eigenvalue weighted by Gasteiger charge is 2.20. The third-order valence-corrected chi connectivity index (χ3v) is 11.7. The maximum atomic E-state index is 6.59. The summed E-state index contributed by atoms with van der Waals surface area (Å²) < 4.78 is 15.3. The minimum atomic E-state index is 0.551. The van der Waals surface area contributed by atoms with E-state index in [0.29, 0.717) is 28.9 Å². The normalized spacial score (nSPS) is 11.2. The number of fused-ring (bicyclic) bond motifs is 3. The minimum absolute atomic E-state index is 0.551. The van der Waals surface area contributed by atoms with Gasteiger partial charge in [-0.1, -0.05) is 97.1 Å². The average Bonchev–Trinajstić information content (AvgIpc) is 3.67. The van der Waals surface area contributed by atoms with Gasteiger partial charge < -0.3 is 9.47 Å². The van der Waals surface area contributed by atoms with Gasteiger partial charge in [-0.2, -0.15) is 0 Å². The van der Waals surface area contributed by atoms with Crippen LogP contribution < -0.4 is 9.47 Å². The van der Waals surface area contributed by atoms with Crippen molar-refractivity contribution in [3.05, 3.63) is 224 Å². The second-order valence-electron chi connectivity index (χ2n) is 16.0. The van der Waals surface area contributed by atoms with Crippen LogP contribution in [0.1, 0.15) is 11.4 Å². The average molecular weight is 840 g/mol. The van der Waals surface area contributed by atoms with E-state index in [1.54, 1.807) is 12.4 Å². The van der Waals surface area contributed by atoms with E-state index in [1.165, 1.54) is 0 Å². The van der Waals surface area contributed by atoms with Gasteiger partial charge in [0.2, 0.25) is 5.95 Å². The molecule has 0 bridgehead atoms. The van der Waals surface area contributed by atoms with Gasteiger partial charge in [-0.3, -0.25) is 14.5 Å². The van der Waals surface area contributed by atoms with Crippen LogP contribution in [0.3, 0.4) is 0 Å². The van der Waals surface area contributed by atoms with Crippen LogP contribution >= 0.6 is 0 Å². The van der Waals surface area contributed by atoms with Crippen LogP contribution in [-0.2, 0) is 0 Å². The number of nitrogens with zero attached hydrogens (tertiary/aromatic N) is 5. The number of hydrogen-bond acceptors (Lipinski definition) is 6. The second-order valence-corrected chi connectivity index (χ2v) is 16.0. The first-order valence-corrected chi connectivity index (χ1v) is 21.6. The minimum Gasteiger partial charge on any atom is -0.457 e. The molecule has 7 aromatic carbocycles. The van der Waals surface area contributed by atoms with Gasteiger partial charge in [0.25, 0.3) is 0 Å². The molecular weight excluding hydrogens is 799 g/mol. The number of aryl methyl sites for hydroxylation is 2. The molecule has 0 N–H and O–H groups in total. The number of aromatic nitrogens is 5. The van der Waals surface area contributed by atoms with E-state index < -0.39 is 0 Å². The Hall–Kier alpha value is -8.68. The molecule has 0 amide bonds. The number of hydrogen-bond donors (Lipinski definition) is 0. The van der Waals surface area contributed by atoms with Crippen molar-refractivity contribution in [2.75, 3.05) is 0 Å². The highest BCUT2D eigenvalue weighted by atomic mass is 16.5. The fraction of sp³-hybridized carbons (Fsp3) is 0.0345. The summed E-state index contributed by atoms with van der Waals surface area (Å²) in [6.45, 7) is 4.15. The molecule has 0 saturated heterocycles. The van der Waals surface area contributed by atoms with Crippen molar-refractivity contribution in [2.24, 2.45) is 0 Å². The van der Waals surface area contributed by atoms with Gasteiger partial charge in [0, 0.05) is 52.0 Å². The summed E-state index contributed by atoms with van der Waals surface area (Å²) >= 11 is 0. The van der Waals surface area contributed by atoms with Crippen molar-refractivity contribution in [1.82, 2.24) is 24.5 Å². The third kappa shape index (κ3) is 7.88. The molecule has 4 heterocycles. The second kappa shape index (κ2) is 16.9. The Bertz CT molecular complexity index is 3280. The van der Waals surface area contributed by atoms with Gasteiger partial charge in [0.15, 0.2) is 0 Å². The van der Waals surface area contributed by atoms with E-state index in [9.17, 15) is 0 Å². The number of benzene rings is 7. The summed E-state index contributed by atoms with van der Waals surface area (Å²) in [4.78, 5) is 19.8. The topological polar surface area (TPSA) is 75.0 Å². The van der Waals surface area contributed by atoms with Gasteiger partial charge in [0.1, 0.15) is 23.0 Å². The quantitative estimate of drug-likeness (QED) is 0.137. The number of ether oxygens (including phenoxy) is 2. The summed E-state index contributed by atoms with van der Waals surface area (Å²) in [5.41, 5.74) is 13.8. The standard InChI is InChI=1S/C58H41N5O2/c1-38-57(46-32-44(40-15-5-3-6-16-40)31-45(33-46)41-17-7-4-8-18-41)39(2)62-58(61-38)63-55-36-49(64-47-21-13-19-42(34-47)53-23-9-11-29-59-53)25-27-51(55)52-28-26-50(37-56(52)63)65-48-22-14-20-43(35-48)54-24-10-12-30-60-54/h3-37H,1-2H3. The molecule has 0 aliphatic heterocycles. The Kier molecular flexibility index (Phi) is 10.2. The Labute approximate surface area is 377 Å². The molecule has 0 saturated carbocycles. The molecule has 310 valence electrons. The highest BCUT2D eigenvalue weighted by molar-refractivity contribution is 6.09. The Morgan fingerprint density at radius 3 is 1.25 bits per heavy atom. The van der Waals surface area contributed by atoms with Gasteiger partial charge in [-0.25, -0.2) is 9.97 Å². The van der Waals surface area contributed by atoms with E-state index in [-0.39, 0.29) is 0 Å². The lowest BCUT2D eigenvalue weighted by Gasteiger charge is -2.16. The van der Waals surface area contributed by atoms with Crippen molar-refractivity contribution < 1.29 is 9.47 Å². The number of pyridine rings is 2. The van der Waals surface area contributed by atoms with E-state index >= 15 is 0 Å². The van der Waals surface area contributed by atoms with Crippen LogP contribution in [0.2, 0.25) is 0 Å². The molecule has 11 aromatic rings. The van der Waals surface area contributed by atoms with Crippen molar-refractivity contribution in [3.8, 4) is 84.8 Å². The largest absolute Gasteiger partial charge is 0.457 e. The Balaban J connectivity index is 1.05. The maximum Gasteiger partial charge on any atom is 0.235 e. The Morgan fingerprint density at radius 1 is 0.354 bits per heavy atom. The van der Waals surface area contributed by atoms with Gasteiger partial charge >= 0.3 is 0 Å². The van der Waals surface area contributed by atoms with Gasteiger partial charge in [0.05, 0.1) is 33.8 Å². The molecule has 4 aromatic heterocycles. The first kappa shape index (κ1) is 39.2. The zero-order valence-electron chi connectivity index (χ0n) is 35.8. The Morgan fingerprint density at radius 2 is 0.785 bits per heavy atom. The van der Waals surface area contributed by atoms with Crippen LogP contribution in [0.15, 0.2) is 213 Å². The van der Waals surface area contributed by atoms with Crippen molar-refractivity contribution in [2.45, 2.75) is 13.8 Å². The molecule has 11 rings (SSSR count). The maximum absolute atomic E-state index is 6.59. The van der Waals surface area contributed by atoms with E-state index in [0.717, 1.165) is 89.1 Å². The molecule has 0 aliphatic rings. The molecule has 0 atom stereocenters. The molecule has 0 aliphatic carbocycles. The van der Waals surface area contributed by atoms with Crippen LogP contribution in [-0.4, -0.2) is 24.5 Å². The number of rotatable bonds is 10. The lowest BCUT2D eigenvalue weighted by atomic mass is 9.92. The monoisotopic (exact) mass is 839 g/mol. The molecule has 0 fully saturated rings. The molecule has 0 unspecified atom stereocenters. The van der Waals surface area contributed by atoms with Gasteiger partial charge in [-0.15, -0.1) is 0 Å². The van der Waals surface area contributed by atoms with Crippen molar-refractivity contribution >= 4 is 21.8 Å².